The van der Waals surface area contributed by atoms with Crippen molar-refractivity contribution in [1.29, 1.82) is 0 Å². The normalized spacial score (nSPS) is 14.8. The Balaban J connectivity index is 1.83. The number of alkyl halides is 3. The van der Waals surface area contributed by atoms with Crippen molar-refractivity contribution in [2.45, 2.75) is 25.1 Å². The van der Waals surface area contributed by atoms with Gasteiger partial charge in [-0.25, -0.2) is 0 Å². The summed E-state index contributed by atoms with van der Waals surface area (Å²) in [7, 11) is 0. The van der Waals surface area contributed by atoms with E-state index < -0.39 is 11.7 Å². The van der Waals surface area contributed by atoms with Gasteiger partial charge in [-0.1, -0.05) is 12.1 Å². The second-order valence-electron chi connectivity index (χ2n) is 4.75. The van der Waals surface area contributed by atoms with Crippen molar-refractivity contribution >= 4 is 17.5 Å². The molecule has 0 saturated heterocycles. The number of nitrogens with zero attached hydrogens (tertiary/aromatic N) is 3. The lowest BCUT2D eigenvalue weighted by atomic mass is 10.1. The highest BCUT2D eigenvalue weighted by atomic mass is 19.4. The van der Waals surface area contributed by atoms with Gasteiger partial charge in [0.1, 0.15) is 0 Å². The monoisotopic (exact) mass is 295 g/mol. The molecule has 0 unspecified atom stereocenters. The van der Waals surface area contributed by atoms with Gasteiger partial charge in [-0.2, -0.15) is 23.3 Å². The van der Waals surface area contributed by atoms with Gasteiger partial charge in [-0.05, 0) is 25.0 Å². The Labute approximate surface area is 118 Å². The third-order valence-corrected chi connectivity index (χ3v) is 2.96. The minimum absolute atomic E-state index is 0.0668. The van der Waals surface area contributed by atoms with Gasteiger partial charge in [0, 0.05) is 6.04 Å². The molecule has 110 valence electrons. The van der Waals surface area contributed by atoms with Crippen LogP contribution in [0.25, 0.3) is 0 Å². The first kappa shape index (κ1) is 13.6. The topological polar surface area (TPSA) is 62.7 Å². The minimum Gasteiger partial charge on any atom is -0.350 e. The molecular weight excluding hydrogens is 283 g/mol. The van der Waals surface area contributed by atoms with Crippen LogP contribution >= 0.6 is 0 Å². The third-order valence-electron chi connectivity index (χ3n) is 2.96. The molecule has 0 bridgehead atoms. The summed E-state index contributed by atoms with van der Waals surface area (Å²) in [5.74, 6) is 0.525. The number of rotatable bonds is 4. The predicted molar refractivity (Wildman–Crippen MR) is 71.2 cm³/mol. The molecule has 1 aromatic heterocycles. The average molecular weight is 295 g/mol. The fourth-order valence-corrected chi connectivity index (χ4v) is 1.81. The van der Waals surface area contributed by atoms with Gasteiger partial charge in [0.05, 0.1) is 17.4 Å². The van der Waals surface area contributed by atoms with Crippen molar-refractivity contribution in [3.63, 3.8) is 0 Å². The first-order valence-electron chi connectivity index (χ1n) is 6.42. The van der Waals surface area contributed by atoms with Crippen LogP contribution < -0.4 is 10.6 Å². The van der Waals surface area contributed by atoms with Gasteiger partial charge in [-0.15, -0.1) is 5.10 Å². The fraction of sp³-hybridized carbons (Fsp3) is 0.308. The van der Waals surface area contributed by atoms with Gasteiger partial charge in [0.2, 0.25) is 5.95 Å². The molecule has 0 radical (unpaired) electrons. The van der Waals surface area contributed by atoms with Crippen LogP contribution in [0, 0.1) is 0 Å². The zero-order chi connectivity index (χ0) is 14.9. The van der Waals surface area contributed by atoms with Crippen molar-refractivity contribution in [2.75, 3.05) is 10.6 Å². The molecule has 1 aliphatic carbocycles. The number of benzene rings is 1. The van der Waals surface area contributed by atoms with Gasteiger partial charge in [0.15, 0.2) is 5.82 Å². The summed E-state index contributed by atoms with van der Waals surface area (Å²) in [5, 5.41) is 13.2. The maximum absolute atomic E-state index is 12.9. The highest BCUT2D eigenvalue weighted by molar-refractivity contribution is 5.61. The number of para-hydroxylation sites is 1. The maximum atomic E-state index is 12.9. The van der Waals surface area contributed by atoms with Crippen LogP contribution in [0.15, 0.2) is 30.5 Å². The fourth-order valence-electron chi connectivity index (χ4n) is 1.81. The van der Waals surface area contributed by atoms with Gasteiger partial charge < -0.3 is 10.6 Å². The van der Waals surface area contributed by atoms with E-state index in [1.807, 2.05) is 0 Å². The molecule has 1 saturated carbocycles. The zero-order valence-corrected chi connectivity index (χ0v) is 10.9. The summed E-state index contributed by atoms with van der Waals surface area (Å²) in [5.41, 5.74) is -0.816. The molecule has 0 aliphatic heterocycles. The standard InChI is InChI=1S/C13H12F3N5/c14-13(15,16)9-3-1-2-4-10(9)19-11-7-17-21-12(20-11)18-8-5-6-8/h1-4,7-8H,5-6H2,(H2,18,19,20,21). The van der Waals surface area contributed by atoms with Crippen molar-refractivity contribution in [1.82, 2.24) is 15.2 Å². The summed E-state index contributed by atoms with van der Waals surface area (Å²) in [6, 6.07) is 5.56. The minimum atomic E-state index is -4.43. The molecule has 1 aromatic carbocycles. The molecule has 0 amide bonds. The Kier molecular flexibility index (Phi) is 3.36. The van der Waals surface area contributed by atoms with E-state index >= 15 is 0 Å². The molecule has 5 nitrogen and oxygen atoms in total. The molecule has 0 spiro atoms. The SMILES string of the molecule is FC(F)(F)c1ccccc1Nc1cnnc(NC2CC2)n1. The Hall–Kier alpha value is -2.38. The van der Waals surface area contributed by atoms with Crippen LogP contribution in [0.5, 0.6) is 0 Å². The first-order chi connectivity index (χ1) is 10.0. The van der Waals surface area contributed by atoms with Crippen molar-refractivity contribution < 1.29 is 13.2 Å². The molecule has 3 rings (SSSR count). The van der Waals surface area contributed by atoms with E-state index in [1.54, 1.807) is 0 Å². The molecule has 2 N–H and O–H groups in total. The number of hydrogen-bond acceptors (Lipinski definition) is 5. The Bertz CT molecular complexity index is 640. The molecule has 1 heterocycles. The van der Waals surface area contributed by atoms with E-state index in [-0.39, 0.29) is 11.5 Å². The van der Waals surface area contributed by atoms with Crippen molar-refractivity contribution in [2.24, 2.45) is 0 Å². The lowest BCUT2D eigenvalue weighted by molar-refractivity contribution is -0.136. The average Bonchev–Trinajstić information content (AvgIpc) is 3.22. The Morgan fingerprint density at radius 2 is 1.90 bits per heavy atom. The van der Waals surface area contributed by atoms with Crippen LogP contribution in [0.1, 0.15) is 18.4 Å². The Morgan fingerprint density at radius 1 is 1.14 bits per heavy atom. The molecular formula is C13H12F3N5. The predicted octanol–water partition coefficient (Wildman–Crippen LogP) is 3.21. The molecule has 8 heteroatoms. The number of halogens is 3. The highest BCUT2D eigenvalue weighted by Gasteiger charge is 2.33. The molecule has 1 aliphatic rings. The van der Waals surface area contributed by atoms with Crippen LogP contribution in [-0.2, 0) is 6.18 Å². The quantitative estimate of drug-likeness (QED) is 0.907. The second-order valence-corrected chi connectivity index (χ2v) is 4.75. The first-order valence-corrected chi connectivity index (χ1v) is 6.42. The molecule has 1 fully saturated rings. The van der Waals surface area contributed by atoms with Gasteiger partial charge in [-0.3, -0.25) is 0 Å². The van der Waals surface area contributed by atoms with E-state index in [2.05, 4.69) is 25.8 Å². The largest absolute Gasteiger partial charge is 0.418 e. The summed E-state index contributed by atoms with van der Waals surface area (Å²) < 4.78 is 38.7. The van der Waals surface area contributed by atoms with E-state index in [9.17, 15) is 13.2 Å². The molecule has 2 aromatic rings. The highest BCUT2D eigenvalue weighted by Crippen LogP contribution is 2.35. The number of hydrogen-bond donors (Lipinski definition) is 2. The van der Waals surface area contributed by atoms with Crippen LogP contribution in [0.2, 0.25) is 0 Å². The van der Waals surface area contributed by atoms with E-state index in [1.165, 1.54) is 24.4 Å². The van der Waals surface area contributed by atoms with Crippen molar-refractivity contribution in [3.8, 4) is 0 Å². The van der Waals surface area contributed by atoms with E-state index in [0.29, 0.717) is 12.0 Å². The molecule has 0 atom stereocenters. The zero-order valence-electron chi connectivity index (χ0n) is 10.9. The smallest absolute Gasteiger partial charge is 0.350 e. The van der Waals surface area contributed by atoms with E-state index in [4.69, 9.17) is 0 Å². The number of aromatic nitrogens is 3. The van der Waals surface area contributed by atoms with Crippen LogP contribution in [0.3, 0.4) is 0 Å². The molecule has 21 heavy (non-hydrogen) atoms. The summed E-state index contributed by atoms with van der Waals surface area (Å²) in [6.45, 7) is 0. The van der Waals surface area contributed by atoms with Gasteiger partial charge >= 0.3 is 6.18 Å². The maximum Gasteiger partial charge on any atom is 0.418 e. The van der Waals surface area contributed by atoms with E-state index in [0.717, 1.165) is 18.9 Å². The number of anilines is 3. The van der Waals surface area contributed by atoms with Gasteiger partial charge in [0.25, 0.3) is 0 Å². The lowest BCUT2D eigenvalue weighted by Gasteiger charge is -2.13. The van der Waals surface area contributed by atoms with Crippen LogP contribution in [-0.4, -0.2) is 21.2 Å². The van der Waals surface area contributed by atoms with Crippen LogP contribution in [0.4, 0.5) is 30.6 Å². The Morgan fingerprint density at radius 3 is 2.62 bits per heavy atom. The summed E-state index contributed by atoms with van der Waals surface area (Å²) in [4.78, 5) is 4.11. The summed E-state index contributed by atoms with van der Waals surface area (Å²) in [6.07, 6.45) is -1.07. The van der Waals surface area contributed by atoms with Crippen molar-refractivity contribution in [3.05, 3.63) is 36.0 Å². The lowest BCUT2D eigenvalue weighted by Crippen LogP contribution is -2.11. The summed E-state index contributed by atoms with van der Waals surface area (Å²) >= 11 is 0. The second kappa shape index (κ2) is 5.19. The number of nitrogens with one attached hydrogen (secondary N) is 2. The third kappa shape index (κ3) is 3.39.